The van der Waals surface area contributed by atoms with Gasteiger partial charge < -0.3 is 20.3 Å². The van der Waals surface area contributed by atoms with E-state index in [4.69, 9.17) is 15.2 Å². The molecule has 3 N–H and O–H groups in total. The highest BCUT2D eigenvalue weighted by Crippen LogP contribution is 2.25. The Labute approximate surface area is 117 Å². The third kappa shape index (κ3) is 7.88. The minimum absolute atomic E-state index is 0.181. The highest BCUT2D eigenvalue weighted by molar-refractivity contribution is 4.85. The maximum absolute atomic E-state index is 9.73. The number of hydrogen-bond acceptors (Lipinski definition) is 4. The third-order valence-electron chi connectivity index (χ3n) is 3.75. The first-order chi connectivity index (χ1) is 9.16. The van der Waals surface area contributed by atoms with Crippen LogP contribution in [0.5, 0.6) is 0 Å². The van der Waals surface area contributed by atoms with Crippen LogP contribution in [0, 0.1) is 0 Å². The summed E-state index contributed by atoms with van der Waals surface area (Å²) in [5.74, 6) is 0. The van der Waals surface area contributed by atoms with Gasteiger partial charge in [0.05, 0.1) is 19.8 Å². The molecule has 0 spiro atoms. The lowest BCUT2D eigenvalue weighted by Crippen LogP contribution is -2.44. The molecule has 1 fully saturated rings. The Bertz CT molecular complexity index is 215. The molecule has 0 aromatic carbocycles. The number of rotatable bonds is 9. The zero-order valence-electron chi connectivity index (χ0n) is 12.4. The van der Waals surface area contributed by atoms with Gasteiger partial charge in [0, 0.05) is 12.1 Å². The predicted molar refractivity (Wildman–Crippen MR) is 77.2 cm³/mol. The van der Waals surface area contributed by atoms with Crippen molar-refractivity contribution in [3.63, 3.8) is 0 Å². The van der Waals surface area contributed by atoms with Crippen LogP contribution in [0.1, 0.15) is 58.3 Å². The molecular formula is C15H31NO3. The van der Waals surface area contributed by atoms with Gasteiger partial charge in [0.15, 0.2) is 0 Å². The van der Waals surface area contributed by atoms with Crippen LogP contribution >= 0.6 is 0 Å². The van der Waals surface area contributed by atoms with E-state index in [0.717, 1.165) is 25.7 Å². The molecule has 114 valence electrons. The van der Waals surface area contributed by atoms with Crippen molar-refractivity contribution in [1.82, 2.24) is 0 Å². The molecule has 4 nitrogen and oxygen atoms in total. The third-order valence-corrected chi connectivity index (χ3v) is 3.75. The second kappa shape index (κ2) is 9.70. The molecule has 1 saturated carbocycles. The molecule has 0 amide bonds. The summed E-state index contributed by atoms with van der Waals surface area (Å²) in [6, 6.07) is 0. The highest BCUT2D eigenvalue weighted by atomic mass is 16.5. The maximum Gasteiger partial charge on any atom is 0.101 e. The number of ether oxygens (including phenoxy) is 2. The standard InChI is InChI=1S/C15H31NO3/c1-2-3-10-18-11-14(17)12-19-13-15(16)8-6-4-5-7-9-15/h14,17H,2-13,16H2,1H3. The second-order valence-electron chi connectivity index (χ2n) is 5.87. The molecule has 1 aliphatic rings. The Kier molecular flexibility index (Phi) is 8.62. The Morgan fingerprint density at radius 2 is 1.74 bits per heavy atom. The molecule has 0 radical (unpaired) electrons. The van der Waals surface area contributed by atoms with Crippen LogP contribution < -0.4 is 5.73 Å². The van der Waals surface area contributed by atoms with Gasteiger partial charge in [-0.05, 0) is 19.3 Å². The molecule has 1 aliphatic carbocycles. The van der Waals surface area contributed by atoms with Gasteiger partial charge in [-0.1, -0.05) is 39.0 Å². The molecular weight excluding hydrogens is 242 g/mol. The molecule has 0 aromatic rings. The monoisotopic (exact) mass is 273 g/mol. The average molecular weight is 273 g/mol. The van der Waals surface area contributed by atoms with Crippen LogP contribution in [0.2, 0.25) is 0 Å². The fraction of sp³-hybridized carbons (Fsp3) is 1.00. The summed E-state index contributed by atoms with van der Waals surface area (Å²) >= 11 is 0. The normalized spacial score (nSPS) is 21.0. The Hall–Kier alpha value is -0.160. The number of aliphatic hydroxyl groups excluding tert-OH is 1. The Morgan fingerprint density at radius 3 is 2.37 bits per heavy atom. The van der Waals surface area contributed by atoms with E-state index in [0.29, 0.717) is 26.4 Å². The smallest absolute Gasteiger partial charge is 0.101 e. The van der Waals surface area contributed by atoms with E-state index in [2.05, 4.69) is 6.92 Å². The lowest BCUT2D eigenvalue weighted by atomic mass is 9.93. The van der Waals surface area contributed by atoms with Crippen molar-refractivity contribution in [2.45, 2.75) is 69.9 Å². The lowest BCUT2D eigenvalue weighted by molar-refractivity contribution is -0.0309. The quantitative estimate of drug-likeness (QED) is 0.499. The molecule has 19 heavy (non-hydrogen) atoms. The first-order valence-electron chi connectivity index (χ1n) is 7.79. The average Bonchev–Trinajstić information content (AvgIpc) is 2.60. The predicted octanol–water partition coefficient (Wildman–Crippen LogP) is 2.23. The molecule has 0 aromatic heterocycles. The van der Waals surface area contributed by atoms with Gasteiger partial charge in [0.1, 0.15) is 6.10 Å². The summed E-state index contributed by atoms with van der Waals surface area (Å²) in [7, 11) is 0. The minimum atomic E-state index is -0.536. The topological polar surface area (TPSA) is 64.7 Å². The van der Waals surface area contributed by atoms with Gasteiger partial charge in [-0.3, -0.25) is 0 Å². The van der Waals surface area contributed by atoms with Crippen LogP contribution in [0.3, 0.4) is 0 Å². The summed E-state index contributed by atoms with van der Waals surface area (Å²) in [4.78, 5) is 0. The van der Waals surface area contributed by atoms with E-state index in [9.17, 15) is 5.11 Å². The first-order valence-corrected chi connectivity index (χ1v) is 7.79. The van der Waals surface area contributed by atoms with Gasteiger partial charge in [0.25, 0.3) is 0 Å². The van der Waals surface area contributed by atoms with Gasteiger partial charge in [-0.25, -0.2) is 0 Å². The van der Waals surface area contributed by atoms with E-state index in [-0.39, 0.29) is 5.54 Å². The SMILES string of the molecule is CCCCOCC(O)COCC1(N)CCCCCC1. The van der Waals surface area contributed by atoms with Crippen molar-refractivity contribution in [2.75, 3.05) is 26.4 Å². The van der Waals surface area contributed by atoms with Crippen molar-refractivity contribution >= 4 is 0 Å². The molecule has 4 heteroatoms. The van der Waals surface area contributed by atoms with Crippen molar-refractivity contribution in [2.24, 2.45) is 5.73 Å². The molecule has 0 aliphatic heterocycles. The van der Waals surface area contributed by atoms with E-state index in [1.165, 1.54) is 25.7 Å². The Morgan fingerprint density at radius 1 is 1.11 bits per heavy atom. The number of unbranched alkanes of at least 4 members (excludes halogenated alkanes) is 1. The summed E-state index contributed by atoms with van der Waals surface area (Å²) in [6.45, 7) is 4.08. The van der Waals surface area contributed by atoms with Crippen LogP contribution in [-0.4, -0.2) is 43.2 Å². The number of hydrogen-bond donors (Lipinski definition) is 2. The number of nitrogens with two attached hydrogens (primary N) is 1. The summed E-state index contributed by atoms with van der Waals surface area (Å²) in [5, 5.41) is 9.73. The summed E-state index contributed by atoms with van der Waals surface area (Å²) < 4.78 is 11.0. The highest BCUT2D eigenvalue weighted by Gasteiger charge is 2.26. The first kappa shape index (κ1) is 16.9. The van der Waals surface area contributed by atoms with Gasteiger partial charge in [-0.2, -0.15) is 0 Å². The zero-order chi connectivity index (χ0) is 14.0. The van der Waals surface area contributed by atoms with Gasteiger partial charge in [-0.15, -0.1) is 0 Å². The van der Waals surface area contributed by atoms with Crippen LogP contribution in [-0.2, 0) is 9.47 Å². The fourth-order valence-corrected chi connectivity index (χ4v) is 2.49. The maximum atomic E-state index is 9.73. The van der Waals surface area contributed by atoms with Crippen molar-refractivity contribution in [1.29, 1.82) is 0 Å². The van der Waals surface area contributed by atoms with Crippen molar-refractivity contribution < 1.29 is 14.6 Å². The molecule has 0 saturated heterocycles. The largest absolute Gasteiger partial charge is 0.388 e. The van der Waals surface area contributed by atoms with E-state index >= 15 is 0 Å². The van der Waals surface area contributed by atoms with Crippen molar-refractivity contribution in [3.05, 3.63) is 0 Å². The zero-order valence-corrected chi connectivity index (χ0v) is 12.4. The lowest BCUT2D eigenvalue weighted by Gasteiger charge is -2.28. The van der Waals surface area contributed by atoms with Crippen molar-refractivity contribution in [3.8, 4) is 0 Å². The van der Waals surface area contributed by atoms with Gasteiger partial charge in [0.2, 0.25) is 0 Å². The fourth-order valence-electron chi connectivity index (χ4n) is 2.49. The molecule has 1 atom stereocenters. The van der Waals surface area contributed by atoms with Crippen LogP contribution in [0.15, 0.2) is 0 Å². The summed E-state index contributed by atoms with van der Waals surface area (Å²) in [6.07, 6.45) is 8.66. The van der Waals surface area contributed by atoms with E-state index < -0.39 is 6.10 Å². The molecule has 0 bridgehead atoms. The van der Waals surface area contributed by atoms with Gasteiger partial charge >= 0.3 is 0 Å². The molecule has 0 heterocycles. The van der Waals surface area contributed by atoms with E-state index in [1.807, 2.05) is 0 Å². The molecule has 1 unspecified atom stereocenters. The molecule has 1 rings (SSSR count). The Balaban J connectivity index is 2.07. The second-order valence-corrected chi connectivity index (χ2v) is 5.87. The van der Waals surface area contributed by atoms with Crippen LogP contribution in [0.4, 0.5) is 0 Å². The van der Waals surface area contributed by atoms with E-state index in [1.54, 1.807) is 0 Å². The van der Waals surface area contributed by atoms with Crippen LogP contribution in [0.25, 0.3) is 0 Å². The summed E-state index contributed by atoms with van der Waals surface area (Å²) in [5.41, 5.74) is 6.17. The minimum Gasteiger partial charge on any atom is -0.388 e. The number of aliphatic hydroxyl groups is 1.